The number of thiazole rings is 1. The number of hydrogen-bond donors (Lipinski definition) is 0. The third-order valence-corrected chi connectivity index (χ3v) is 8.50. The van der Waals surface area contributed by atoms with Crippen LogP contribution < -0.4 is 4.80 Å². The number of piperidine rings is 1. The monoisotopic (exact) mass is 504 g/mol. The summed E-state index contributed by atoms with van der Waals surface area (Å²) >= 11 is 1.15. The maximum absolute atomic E-state index is 13.2. The Morgan fingerprint density at radius 1 is 1.29 bits per heavy atom. The summed E-state index contributed by atoms with van der Waals surface area (Å²) in [5.41, 5.74) is 0.623. The van der Waals surface area contributed by atoms with Crippen LogP contribution in [-0.2, 0) is 21.4 Å². The lowest BCUT2D eigenvalue weighted by Gasteiger charge is -2.30. The van der Waals surface area contributed by atoms with Gasteiger partial charge in [0.1, 0.15) is 5.82 Å². The maximum atomic E-state index is 13.2. The van der Waals surface area contributed by atoms with Crippen LogP contribution in [0.15, 0.2) is 65.0 Å². The Kier molecular flexibility index (Phi) is 6.73. The number of fused-ring (bicyclic) bond motifs is 1. The molecule has 0 radical (unpaired) electrons. The molecule has 1 saturated heterocycles. The Balaban J connectivity index is 1.64. The summed E-state index contributed by atoms with van der Waals surface area (Å²) in [5.74, 6) is -1.63. The molecule has 34 heavy (non-hydrogen) atoms. The molecule has 1 aliphatic rings. The lowest BCUT2D eigenvalue weighted by molar-refractivity contribution is -0.384. The Bertz CT molecular complexity index is 1440. The molecule has 1 aliphatic heterocycles. The lowest BCUT2D eigenvalue weighted by atomic mass is 9.99. The van der Waals surface area contributed by atoms with Gasteiger partial charge in [-0.2, -0.15) is 9.30 Å². The lowest BCUT2D eigenvalue weighted by Crippen LogP contribution is -2.42. The molecule has 1 atom stereocenters. The van der Waals surface area contributed by atoms with Crippen molar-refractivity contribution in [1.29, 1.82) is 0 Å². The van der Waals surface area contributed by atoms with Crippen molar-refractivity contribution in [2.75, 3.05) is 13.1 Å². The molecule has 1 fully saturated rings. The van der Waals surface area contributed by atoms with Crippen molar-refractivity contribution in [2.24, 2.45) is 10.9 Å². The largest absolute Gasteiger partial charge is 0.312 e. The average Bonchev–Trinajstić information content (AvgIpc) is 3.15. The molecule has 0 aliphatic carbocycles. The normalized spacial score (nSPS) is 17.7. The number of amides is 1. The van der Waals surface area contributed by atoms with Crippen molar-refractivity contribution in [3.63, 3.8) is 0 Å². The van der Waals surface area contributed by atoms with Crippen molar-refractivity contribution in [1.82, 2.24) is 8.87 Å². The SMILES string of the molecule is C=CCn1c(=NC(=O)C2CCCN(S(=O)(=O)c3ccc(F)cc3)C2)sc2cc([N+](=O)[O-])ccc21. The molecule has 3 aromatic rings. The van der Waals surface area contributed by atoms with Gasteiger partial charge >= 0.3 is 0 Å². The summed E-state index contributed by atoms with van der Waals surface area (Å²) in [6.07, 6.45) is 2.60. The number of carbonyl (C=O) groups is 1. The average molecular weight is 505 g/mol. The van der Waals surface area contributed by atoms with Crippen molar-refractivity contribution >= 4 is 43.2 Å². The predicted octanol–water partition coefficient (Wildman–Crippen LogP) is 3.46. The molecule has 2 heterocycles. The van der Waals surface area contributed by atoms with Gasteiger partial charge in [-0.25, -0.2) is 12.8 Å². The molecule has 0 N–H and O–H groups in total. The highest BCUT2D eigenvalue weighted by atomic mass is 32.2. The third-order valence-electron chi connectivity index (χ3n) is 5.58. The molecular formula is C22H21FN4O5S2. The van der Waals surface area contributed by atoms with Crippen LogP contribution in [0, 0.1) is 21.8 Å². The fourth-order valence-corrected chi connectivity index (χ4v) is 6.47. The van der Waals surface area contributed by atoms with Crippen LogP contribution >= 0.6 is 11.3 Å². The summed E-state index contributed by atoms with van der Waals surface area (Å²) in [7, 11) is -3.88. The van der Waals surface area contributed by atoms with Crippen LogP contribution in [0.3, 0.4) is 0 Å². The van der Waals surface area contributed by atoms with Gasteiger partial charge in [-0.05, 0) is 43.2 Å². The molecule has 1 amide bonds. The quantitative estimate of drug-likeness (QED) is 0.290. The Hall–Kier alpha value is -3.22. The summed E-state index contributed by atoms with van der Waals surface area (Å²) < 4.78 is 42.7. The van der Waals surface area contributed by atoms with E-state index in [2.05, 4.69) is 11.6 Å². The second kappa shape index (κ2) is 9.57. The number of allylic oxidation sites excluding steroid dienone is 1. The second-order valence-corrected chi connectivity index (χ2v) is 10.7. The molecule has 9 nitrogen and oxygen atoms in total. The summed E-state index contributed by atoms with van der Waals surface area (Å²) in [6.45, 7) is 4.30. The number of non-ortho nitro benzene ring substituents is 1. The zero-order chi connectivity index (χ0) is 24.5. The molecular weight excluding hydrogens is 483 g/mol. The van der Waals surface area contributed by atoms with E-state index in [0.717, 1.165) is 23.5 Å². The third kappa shape index (κ3) is 4.69. The van der Waals surface area contributed by atoms with E-state index < -0.39 is 32.6 Å². The number of rotatable bonds is 6. The van der Waals surface area contributed by atoms with Crippen molar-refractivity contribution in [3.05, 3.63) is 75.9 Å². The van der Waals surface area contributed by atoms with Crippen LogP contribution in [-0.4, -0.2) is 41.2 Å². The standard InChI is InChI=1S/C22H21FN4O5S2/c1-2-11-26-19-10-7-17(27(29)30)13-20(19)33-22(26)24-21(28)15-4-3-12-25(14-15)34(31,32)18-8-5-16(23)6-9-18/h2,5-10,13,15H,1,3-4,11-12,14H2. The number of nitrogens with zero attached hydrogens (tertiary/aromatic N) is 4. The first-order chi connectivity index (χ1) is 16.2. The fourth-order valence-electron chi connectivity index (χ4n) is 3.87. The van der Waals surface area contributed by atoms with Crippen molar-refractivity contribution in [3.8, 4) is 0 Å². The Labute approximate surface area is 198 Å². The van der Waals surface area contributed by atoms with Crippen molar-refractivity contribution < 1.29 is 22.5 Å². The fraction of sp³-hybridized carbons (Fsp3) is 0.273. The number of nitro groups is 1. The van der Waals surface area contributed by atoms with Gasteiger partial charge in [0.15, 0.2) is 4.80 Å². The number of sulfonamides is 1. The minimum Gasteiger partial charge on any atom is -0.312 e. The van der Waals surface area contributed by atoms with Gasteiger partial charge in [-0.15, -0.1) is 6.58 Å². The van der Waals surface area contributed by atoms with Gasteiger partial charge in [0, 0.05) is 31.8 Å². The van der Waals surface area contributed by atoms with E-state index in [4.69, 9.17) is 0 Å². The zero-order valence-electron chi connectivity index (χ0n) is 18.0. The van der Waals surface area contributed by atoms with E-state index in [-0.39, 0.29) is 23.7 Å². The first-order valence-electron chi connectivity index (χ1n) is 10.4. The van der Waals surface area contributed by atoms with Crippen LogP contribution in [0.5, 0.6) is 0 Å². The molecule has 2 aromatic carbocycles. The molecule has 0 spiro atoms. The van der Waals surface area contributed by atoms with E-state index >= 15 is 0 Å². The van der Waals surface area contributed by atoms with Crippen molar-refractivity contribution in [2.45, 2.75) is 24.3 Å². The molecule has 4 rings (SSSR count). The first-order valence-corrected chi connectivity index (χ1v) is 12.7. The Morgan fingerprint density at radius 3 is 2.71 bits per heavy atom. The number of halogens is 1. The molecule has 12 heteroatoms. The van der Waals surface area contributed by atoms with E-state index in [0.29, 0.717) is 34.4 Å². The molecule has 1 aromatic heterocycles. The van der Waals surface area contributed by atoms with Crippen LogP contribution in [0.1, 0.15) is 12.8 Å². The number of nitro benzene ring substituents is 1. The Morgan fingerprint density at radius 2 is 2.03 bits per heavy atom. The van der Waals surface area contributed by atoms with E-state index in [1.807, 2.05) is 0 Å². The number of aromatic nitrogens is 1. The van der Waals surface area contributed by atoms with Gasteiger partial charge in [0.05, 0.1) is 26.0 Å². The van der Waals surface area contributed by atoms with E-state index in [1.54, 1.807) is 16.7 Å². The molecule has 0 saturated carbocycles. The first kappa shape index (κ1) is 23.9. The smallest absolute Gasteiger partial charge is 0.270 e. The predicted molar refractivity (Wildman–Crippen MR) is 125 cm³/mol. The number of benzene rings is 2. The van der Waals surface area contributed by atoms with Gasteiger partial charge in [-0.1, -0.05) is 17.4 Å². The topological polar surface area (TPSA) is 115 Å². The van der Waals surface area contributed by atoms with E-state index in [1.165, 1.54) is 28.6 Å². The number of hydrogen-bond acceptors (Lipinski definition) is 6. The molecule has 0 bridgehead atoms. The highest BCUT2D eigenvalue weighted by molar-refractivity contribution is 7.89. The van der Waals surface area contributed by atoms with Crippen LogP contribution in [0.25, 0.3) is 10.2 Å². The van der Waals surface area contributed by atoms with E-state index in [9.17, 15) is 27.7 Å². The minimum absolute atomic E-state index is 0.0279. The highest BCUT2D eigenvalue weighted by Crippen LogP contribution is 2.26. The van der Waals surface area contributed by atoms with Gasteiger partial charge in [0.25, 0.3) is 11.6 Å². The summed E-state index contributed by atoms with van der Waals surface area (Å²) in [6, 6.07) is 9.00. The van der Waals surface area contributed by atoms with Gasteiger partial charge < -0.3 is 4.57 Å². The van der Waals surface area contributed by atoms with Gasteiger partial charge in [-0.3, -0.25) is 14.9 Å². The summed E-state index contributed by atoms with van der Waals surface area (Å²) in [4.78, 5) is 28.3. The van der Waals surface area contributed by atoms with Crippen LogP contribution in [0.2, 0.25) is 0 Å². The van der Waals surface area contributed by atoms with Crippen LogP contribution in [0.4, 0.5) is 10.1 Å². The molecule has 1 unspecified atom stereocenters. The number of carbonyl (C=O) groups excluding carboxylic acids is 1. The summed E-state index contributed by atoms with van der Waals surface area (Å²) in [5, 5.41) is 11.1. The maximum Gasteiger partial charge on any atom is 0.270 e. The second-order valence-electron chi connectivity index (χ2n) is 7.80. The van der Waals surface area contributed by atoms with Gasteiger partial charge in [0.2, 0.25) is 10.0 Å². The molecule has 178 valence electrons. The highest BCUT2D eigenvalue weighted by Gasteiger charge is 2.33. The minimum atomic E-state index is -3.88. The zero-order valence-corrected chi connectivity index (χ0v) is 19.6.